The normalized spacial score (nSPS) is 16.0. The van der Waals surface area contributed by atoms with Gasteiger partial charge in [0.15, 0.2) is 0 Å². The monoisotopic (exact) mass is 761 g/mol. The van der Waals surface area contributed by atoms with Crippen molar-refractivity contribution in [3.8, 4) is 44.5 Å². The fourth-order valence-corrected chi connectivity index (χ4v) is 11.0. The van der Waals surface area contributed by atoms with E-state index in [0.29, 0.717) is 5.92 Å². The van der Waals surface area contributed by atoms with E-state index in [9.17, 15) is 0 Å². The van der Waals surface area contributed by atoms with Gasteiger partial charge in [-0.25, -0.2) is 0 Å². The van der Waals surface area contributed by atoms with E-state index < -0.39 is 0 Å². The van der Waals surface area contributed by atoms with Crippen LogP contribution >= 0.6 is 0 Å². The van der Waals surface area contributed by atoms with Crippen LogP contribution < -0.4 is 4.90 Å². The Morgan fingerprint density at radius 1 is 0.407 bits per heavy atom. The van der Waals surface area contributed by atoms with Crippen molar-refractivity contribution < 1.29 is 0 Å². The van der Waals surface area contributed by atoms with Crippen LogP contribution in [0.3, 0.4) is 0 Å². The zero-order valence-electron chi connectivity index (χ0n) is 34.7. The maximum atomic E-state index is 2.54. The van der Waals surface area contributed by atoms with Crippen molar-refractivity contribution in [1.29, 1.82) is 0 Å². The highest BCUT2D eigenvalue weighted by Crippen LogP contribution is 2.54. The van der Waals surface area contributed by atoms with E-state index in [4.69, 9.17) is 0 Å². The maximum absolute atomic E-state index is 2.54. The number of benzene rings is 8. The first-order valence-electron chi connectivity index (χ1n) is 21.8. The lowest BCUT2D eigenvalue weighted by molar-refractivity contribution is 0.443. The Hall–Kier alpha value is -6.18. The van der Waals surface area contributed by atoms with Crippen molar-refractivity contribution in [3.05, 3.63) is 198 Å². The predicted molar refractivity (Wildman–Crippen MR) is 250 cm³/mol. The number of anilines is 3. The molecule has 0 aliphatic heterocycles. The number of hydrogen-bond donors (Lipinski definition) is 0. The summed E-state index contributed by atoms with van der Waals surface area (Å²) < 4.78 is 0. The molecule has 288 valence electrons. The summed E-state index contributed by atoms with van der Waals surface area (Å²) in [5, 5.41) is 2.46. The van der Waals surface area contributed by atoms with Crippen molar-refractivity contribution in [2.45, 2.75) is 76.5 Å². The molecule has 0 N–H and O–H groups in total. The zero-order valence-corrected chi connectivity index (χ0v) is 34.7. The Labute approximate surface area is 350 Å². The Morgan fingerprint density at radius 2 is 0.915 bits per heavy atom. The smallest absolute Gasteiger partial charge is 0.0618 e. The molecule has 0 bridgehead atoms. The summed E-state index contributed by atoms with van der Waals surface area (Å²) in [6.07, 6.45) is 6.74. The van der Waals surface area contributed by atoms with Gasteiger partial charge in [-0.05, 0) is 121 Å². The van der Waals surface area contributed by atoms with Crippen LogP contribution in [0.5, 0.6) is 0 Å². The lowest BCUT2D eigenvalue weighted by atomic mass is 9.81. The van der Waals surface area contributed by atoms with Crippen LogP contribution in [0.15, 0.2) is 170 Å². The minimum absolute atomic E-state index is 0.0936. The van der Waals surface area contributed by atoms with E-state index in [1.54, 1.807) is 0 Å². The van der Waals surface area contributed by atoms with Gasteiger partial charge in [-0.2, -0.15) is 0 Å². The van der Waals surface area contributed by atoms with Crippen LogP contribution in [0, 0.1) is 0 Å². The molecule has 0 heterocycles. The Balaban J connectivity index is 1.09. The van der Waals surface area contributed by atoms with Gasteiger partial charge in [0.05, 0.1) is 5.69 Å². The van der Waals surface area contributed by atoms with Gasteiger partial charge in [-0.3, -0.25) is 0 Å². The molecular weight excluding hydrogens is 711 g/mol. The highest BCUT2D eigenvalue weighted by Gasteiger charge is 2.37. The molecule has 59 heavy (non-hydrogen) atoms. The van der Waals surface area contributed by atoms with E-state index in [0.717, 1.165) is 5.69 Å². The molecule has 11 rings (SSSR count). The predicted octanol–water partition coefficient (Wildman–Crippen LogP) is 16.3. The molecule has 1 nitrogen and oxygen atoms in total. The third-order valence-corrected chi connectivity index (χ3v) is 14.3. The summed E-state index contributed by atoms with van der Waals surface area (Å²) in [7, 11) is 0. The fraction of sp³-hybridized carbons (Fsp3) is 0.207. The highest BCUT2D eigenvalue weighted by atomic mass is 15.1. The Morgan fingerprint density at radius 3 is 1.59 bits per heavy atom. The SMILES string of the molecule is CC1(C)c2ccccc2-c2ccc(-c3ccc4ccccc4c3N(c3ccc(-c4ccc(C5CCCCC5)cc4)cc3)c3ccc4c(c3)C(C)(C)c3ccccc3-4)cc21. The van der Waals surface area contributed by atoms with Gasteiger partial charge < -0.3 is 4.90 Å². The van der Waals surface area contributed by atoms with Crippen LogP contribution in [-0.4, -0.2) is 0 Å². The molecule has 1 heteroatoms. The van der Waals surface area contributed by atoms with Gasteiger partial charge in [0.2, 0.25) is 0 Å². The van der Waals surface area contributed by atoms with Gasteiger partial charge in [-0.1, -0.05) is 186 Å². The molecule has 1 saturated carbocycles. The van der Waals surface area contributed by atoms with Crippen LogP contribution in [-0.2, 0) is 10.8 Å². The second kappa shape index (κ2) is 13.7. The number of rotatable bonds is 6. The lowest BCUT2D eigenvalue weighted by Gasteiger charge is -2.31. The molecule has 0 radical (unpaired) electrons. The van der Waals surface area contributed by atoms with Gasteiger partial charge in [0.25, 0.3) is 0 Å². The Bertz CT molecular complexity index is 2900. The Kier molecular flexibility index (Phi) is 8.35. The fourth-order valence-electron chi connectivity index (χ4n) is 11.0. The maximum Gasteiger partial charge on any atom is 0.0618 e. The molecule has 0 atom stereocenters. The van der Waals surface area contributed by atoms with Crippen LogP contribution in [0.25, 0.3) is 55.3 Å². The molecule has 0 saturated heterocycles. The molecule has 0 spiro atoms. The molecule has 8 aromatic carbocycles. The van der Waals surface area contributed by atoms with Crippen molar-refractivity contribution in [2.24, 2.45) is 0 Å². The largest absolute Gasteiger partial charge is 0.309 e. The third-order valence-electron chi connectivity index (χ3n) is 14.3. The van der Waals surface area contributed by atoms with Crippen LogP contribution in [0.2, 0.25) is 0 Å². The summed E-state index contributed by atoms with van der Waals surface area (Å²) in [5.74, 6) is 0.709. The zero-order chi connectivity index (χ0) is 39.9. The number of hydrogen-bond acceptors (Lipinski definition) is 1. The van der Waals surface area contributed by atoms with E-state index in [1.807, 2.05) is 0 Å². The summed E-state index contributed by atoms with van der Waals surface area (Å²) >= 11 is 0. The summed E-state index contributed by atoms with van der Waals surface area (Å²) in [4.78, 5) is 2.54. The van der Waals surface area contributed by atoms with E-state index in [-0.39, 0.29) is 10.8 Å². The second-order valence-electron chi connectivity index (χ2n) is 18.4. The quantitative estimate of drug-likeness (QED) is 0.163. The van der Waals surface area contributed by atoms with Crippen molar-refractivity contribution >= 4 is 27.8 Å². The van der Waals surface area contributed by atoms with Gasteiger partial charge in [0.1, 0.15) is 0 Å². The van der Waals surface area contributed by atoms with Crippen LogP contribution in [0.4, 0.5) is 17.1 Å². The summed E-state index contributed by atoms with van der Waals surface area (Å²) in [6, 6.07) is 64.6. The highest BCUT2D eigenvalue weighted by molar-refractivity contribution is 6.07. The van der Waals surface area contributed by atoms with Crippen molar-refractivity contribution in [1.82, 2.24) is 0 Å². The number of nitrogens with zero attached hydrogens (tertiary/aromatic N) is 1. The first-order valence-corrected chi connectivity index (χ1v) is 21.8. The lowest BCUT2D eigenvalue weighted by Crippen LogP contribution is -2.17. The minimum Gasteiger partial charge on any atom is -0.309 e. The van der Waals surface area contributed by atoms with E-state index in [1.165, 1.54) is 127 Å². The van der Waals surface area contributed by atoms with Gasteiger partial charge >= 0.3 is 0 Å². The molecule has 0 aromatic heterocycles. The average Bonchev–Trinajstić information content (AvgIpc) is 3.66. The standard InChI is InChI=1S/C58H51N/c1-57(2)52-20-12-10-18-48(52)50-34-29-43(36-54(50)57)47-33-28-42-16-8-9-17-46(42)56(47)59(45-32-35-51-49-19-11-13-21-53(49)58(3,4)55(51)37-45)44-30-26-41(27-31-44)40-24-22-39(23-25-40)38-14-6-5-7-15-38/h8-13,16-38H,5-7,14-15H2,1-4H3. The molecule has 3 aliphatic carbocycles. The molecule has 0 unspecified atom stereocenters. The van der Waals surface area contributed by atoms with Crippen molar-refractivity contribution in [2.75, 3.05) is 4.90 Å². The van der Waals surface area contributed by atoms with Crippen LogP contribution in [0.1, 0.15) is 93.5 Å². The average molecular weight is 762 g/mol. The topological polar surface area (TPSA) is 3.24 Å². The first-order chi connectivity index (χ1) is 28.8. The van der Waals surface area contributed by atoms with E-state index >= 15 is 0 Å². The minimum atomic E-state index is -0.122. The molecular formula is C58H51N. The van der Waals surface area contributed by atoms with Gasteiger partial charge in [0, 0.05) is 33.2 Å². The number of fused-ring (bicyclic) bond motifs is 7. The summed E-state index contributed by atoms with van der Waals surface area (Å²) in [6.45, 7) is 9.52. The third kappa shape index (κ3) is 5.73. The molecule has 8 aromatic rings. The van der Waals surface area contributed by atoms with Crippen molar-refractivity contribution in [3.63, 3.8) is 0 Å². The first kappa shape index (κ1) is 35.9. The van der Waals surface area contributed by atoms with E-state index in [2.05, 4.69) is 202 Å². The molecule has 3 aliphatic rings. The molecule has 0 amide bonds. The van der Waals surface area contributed by atoms with Gasteiger partial charge in [-0.15, -0.1) is 0 Å². The molecule has 1 fully saturated rings. The summed E-state index contributed by atoms with van der Waals surface area (Å²) in [5.41, 5.74) is 20.7. The second-order valence-corrected chi connectivity index (χ2v) is 18.4.